The fourth-order valence-corrected chi connectivity index (χ4v) is 3.04. The highest BCUT2D eigenvalue weighted by molar-refractivity contribution is 6.74. The van der Waals surface area contributed by atoms with Crippen LogP contribution in [0.1, 0.15) is 51.9 Å². The maximum Gasteiger partial charge on any atom is 0.193 e. The highest BCUT2D eigenvalue weighted by Crippen LogP contribution is 2.40. The Balaban J connectivity index is 2.84. The lowest BCUT2D eigenvalue weighted by Gasteiger charge is -2.38. The summed E-state index contributed by atoms with van der Waals surface area (Å²) in [5.74, 6) is 0.932. The molecule has 0 aliphatic rings. The van der Waals surface area contributed by atoms with Gasteiger partial charge in [0.25, 0.3) is 0 Å². The summed E-state index contributed by atoms with van der Waals surface area (Å²) in [5, 5.41) is 0.0992. The van der Waals surface area contributed by atoms with Crippen LogP contribution in [0.2, 0.25) is 18.1 Å². The lowest BCUT2D eigenvalue weighted by molar-refractivity contribution is -0.121. The van der Waals surface area contributed by atoms with E-state index in [0.29, 0.717) is 19.3 Å². The van der Waals surface area contributed by atoms with Crippen LogP contribution in [0.25, 0.3) is 0 Å². The first-order chi connectivity index (χ1) is 9.67. The van der Waals surface area contributed by atoms with Crippen LogP contribution in [0.15, 0.2) is 35.5 Å². The van der Waals surface area contributed by atoms with Crippen molar-refractivity contribution in [3.63, 3.8) is 0 Å². The van der Waals surface area contributed by atoms with E-state index in [1.807, 2.05) is 12.1 Å². The normalized spacial score (nSPS) is 14.0. The second-order valence-electron chi connectivity index (χ2n) is 6.95. The molecule has 118 valence electrons. The second-order valence-corrected chi connectivity index (χ2v) is 11.7. The number of carbonyl (C=O) groups is 1. The van der Waals surface area contributed by atoms with Gasteiger partial charge in [0.2, 0.25) is 0 Å². The third-order valence-electron chi connectivity index (χ3n) is 4.14. The van der Waals surface area contributed by atoms with Crippen molar-refractivity contribution in [2.45, 2.75) is 64.3 Å². The highest BCUT2D eigenvalue weighted by atomic mass is 28.4. The van der Waals surface area contributed by atoms with Gasteiger partial charge in [-0.3, -0.25) is 4.79 Å². The Bertz CT molecular complexity index is 455. The number of Topliss-reactive ketones (excluding diaryl/α,β-unsaturated/α-hetero) is 1. The smallest absolute Gasteiger partial charge is 0.193 e. The molecule has 1 aromatic rings. The monoisotopic (exact) mass is 308 g/mol. The topological polar surface area (TPSA) is 39.4 Å². The molecule has 0 bridgehead atoms. The van der Waals surface area contributed by atoms with E-state index in [1.54, 1.807) is 12.3 Å². The SMILES string of the molecule is C=CCCC(=O)C[C@H](O[Si](C)(C)C(C)(C)C)c1ccco1. The Morgan fingerprint density at radius 2 is 2.14 bits per heavy atom. The Morgan fingerprint density at radius 3 is 2.62 bits per heavy atom. The van der Waals surface area contributed by atoms with Crippen LogP contribution >= 0.6 is 0 Å². The van der Waals surface area contributed by atoms with Crippen molar-refractivity contribution in [3.05, 3.63) is 36.8 Å². The predicted octanol–water partition coefficient (Wildman–Crippen LogP) is 5.27. The number of hydrogen-bond donors (Lipinski definition) is 0. The van der Waals surface area contributed by atoms with Gasteiger partial charge in [-0.15, -0.1) is 6.58 Å². The van der Waals surface area contributed by atoms with E-state index in [1.165, 1.54) is 0 Å². The van der Waals surface area contributed by atoms with Crippen LogP contribution in [-0.4, -0.2) is 14.1 Å². The Kier molecular flexibility index (Phi) is 6.17. The van der Waals surface area contributed by atoms with E-state index in [4.69, 9.17) is 8.84 Å². The first-order valence-electron chi connectivity index (χ1n) is 7.51. The maximum atomic E-state index is 12.1. The minimum absolute atomic E-state index is 0.0992. The van der Waals surface area contributed by atoms with Gasteiger partial charge in [0, 0.05) is 12.8 Å². The van der Waals surface area contributed by atoms with Crippen LogP contribution in [0.4, 0.5) is 0 Å². The Labute approximate surface area is 129 Å². The van der Waals surface area contributed by atoms with Crippen molar-refractivity contribution < 1.29 is 13.6 Å². The van der Waals surface area contributed by atoms with E-state index in [9.17, 15) is 4.79 Å². The zero-order valence-corrected chi connectivity index (χ0v) is 14.9. The third kappa shape index (κ3) is 5.29. The van der Waals surface area contributed by atoms with E-state index in [2.05, 4.69) is 40.4 Å². The fraction of sp³-hybridized carbons (Fsp3) is 0.588. The molecule has 0 saturated carbocycles. The number of furan rings is 1. The molecule has 0 N–H and O–H groups in total. The summed E-state index contributed by atoms with van der Waals surface area (Å²) in [7, 11) is -1.95. The van der Waals surface area contributed by atoms with Crippen LogP contribution in [0.5, 0.6) is 0 Å². The van der Waals surface area contributed by atoms with Gasteiger partial charge in [0.05, 0.1) is 6.26 Å². The molecule has 0 unspecified atom stereocenters. The van der Waals surface area contributed by atoms with Crippen molar-refractivity contribution in [3.8, 4) is 0 Å². The third-order valence-corrected chi connectivity index (χ3v) is 8.63. The number of allylic oxidation sites excluding steroid dienone is 1. The number of hydrogen-bond acceptors (Lipinski definition) is 3. The van der Waals surface area contributed by atoms with E-state index in [0.717, 1.165) is 5.76 Å². The van der Waals surface area contributed by atoms with Crippen molar-refractivity contribution in [2.75, 3.05) is 0 Å². The number of rotatable bonds is 8. The molecule has 0 radical (unpaired) electrons. The fourth-order valence-electron chi connectivity index (χ4n) is 1.78. The summed E-state index contributed by atoms with van der Waals surface area (Å²) in [5.41, 5.74) is 0. The molecule has 0 aliphatic carbocycles. The van der Waals surface area contributed by atoms with Crippen LogP contribution in [0, 0.1) is 0 Å². The van der Waals surface area contributed by atoms with Crippen LogP contribution < -0.4 is 0 Å². The van der Waals surface area contributed by atoms with Gasteiger partial charge in [-0.1, -0.05) is 26.8 Å². The number of ketones is 1. The average molecular weight is 308 g/mol. The molecule has 3 nitrogen and oxygen atoms in total. The summed E-state index contributed by atoms with van der Waals surface area (Å²) >= 11 is 0. The molecule has 1 atom stereocenters. The van der Waals surface area contributed by atoms with E-state index in [-0.39, 0.29) is 16.9 Å². The van der Waals surface area contributed by atoms with Gasteiger partial charge in [0.1, 0.15) is 17.6 Å². The Morgan fingerprint density at radius 1 is 1.48 bits per heavy atom. The molecule has 21 heavy (non-hydrogen) atoms. The lowest BCUT2D eigenvalue weighted by Crippen LogP contribution is -2.42. The Hall–Kier alpha value is -1.13. The van der Waals surface area contributed by atoms with Crippen LogP contribution in [-0.2, 0) is 9.22 Å². The molecular weight excluding hydrogens is 280 g/mol. The van der Waals surface area contributed by atoms with E-state index >= 15 is 0 Å². The largest absolute Gasteiger partial charge is 0.467 e. The molecule has 1 heterocycles. The number of carbonyl (C=O) groups excluding carboxylic acids is 1. The first kappa shape index (κ1) is 17.9. The summed E-state index contributed by atoms with van der Waals surface area (Å²) in [6, 6.07) is 3.73. The minimum atomic E-state index is -1.95. The second kappa shape index (κ2) is 7.23. The zero-order valence-electron chi connectivity index (χ0n) is 13.9. The van der Waals surface area contributed by atoms with Crippen molar-refractivity contribution >= 4 is 14.1 Å². The highest BCUT2D eigenvalue weighted by Gasteiger charge is 2.40. The average Bonchev–Trinajstić information content (AvgIpc) is 2.87. The molecule has 0 amide bonds. The minimum Gasteiger partial charge on any atom is -0.467 e. The van der Waals surface area contributed by atoms with Gasteiger partial charge >= 0.3 is 0 Å². The first-order valence-corrected chi connectivity index (χ1v) is 10.4. The van der Waals surface area contributed by atoms with Gasteiger partial charge < -0.3 is 8.84 Å². The molecule has 0 saturated heterocycles. The maximum absolute atomic E-state index is 12.1. The van der Waals surface area contributed by atoms with Gasteiger partial charge in [-0.05, 0) is 36.7 Å². The molecule has 0 fully saturated rings. The standard InChI is InChI=1S/C17H28O3Si/c1-7-8-10-14(18)13-16(15-11-9-12-19-15)20-21(5,6)17(2,3)4/h7,9,11-12,16H,1,8,10,13H2,2-6H3/t16-/m0/s1. The van der Waals surface area contributed by atoms with Crippen molar-refractivity contribution in [1.29, 1.82) is 0 Å². The lowest BCUT2D eigenvalue weighted by atomic mass is 10.1. The van der Waals surface area contributed by atoms with Crippen LogP contribution in [0.3, 0.4) is 0 Å². The summed E-state index contributed by atoms with van der Waals surface area (Å²) in [6.45, 7) is 14.6. The van der Waals surface area contributed by atoms with Gasteiger partial charge in [-0.2, -0.15) is 0 Å². The quantitative estimate of drug-likeness (QED) is 0.485. The van der Waals surface area contributed by atoms with Crippen molar-refractivity contribution in [1.82, 2.24) is 0 Å². The molecule has 0 aromatic carbocycles. The summed E-state index contributed by atoms with van der Waals surface area (Å²) in [6.07, 6.45) is 4.72. The molecular formula is C17H28O3Si. The predicted molar refractivity (Wildman–Crippen MR) is 88.8 cm³/mol. The molecule has 1 aromatic heterocycles. The van der Waals surface area contributed by atoms with Gasteiger partial charge in [-0.25, -0.2) is 0 Å². The zero-order chi connectivity index (χ0) is 16.1. The molecule has 0 spiro atoms. The molecule has 1 rings (SSSR count). The summed E-state index contributed by atoms with van der Waals surface area (Å²) in [4.78, 5) is 12.1. The molecule has 0 aliphatic heterocycles. The van der Waals surface area contributed by atoms with Crippen molar-refractivity contribution in [2.24, 2.45) is 0 Å². The molecule has 4 heteroatoms. The van der Waals surface area contributed by atoms with E-state index < -0.39 is 8.32 Å². The summed E-state index contributed by atoms with van der Waals surface area (Å²) < 4.78 is 11.9. The van der Waals surface area contributed by atoms with Gasteiger partial charge in [0.15, 0.2) is 8.32 Å².